The predicted molar refractivity (Wildman–Crippen MR) is 100 cm³/mol. The molecular weight excluding hydrogens is 392 g/mol. The van der Waals surface area contributed by atoms with Crippen LogP contribution >= 0.6 is 11.6 Å². The van der Waals surface area contributed by atoms with E-state index in [0.29, 0.717) is 5.56 Å². The molecule has 0 bridgehead atoms. The van der Waals surface area contributed by atoms with E-state index < -0.39 is 10.1 Å². The molecule has 0 saturated carbocycles. The standard InChI is InChI=1S/C17H15ClN4O4S/c1-12-3-5-14(6-4-12)27(23,24)26-17-15(18)7-13(8-16(17)25-2)9-21-22-10-19-20-11-22/h3-11H,1-2H3. The molecule has 3 aromatic rings. The van der Waals surface area contributed by atoms with Crippen molar-refractivity contribution in [3.05, 3.63) is 65.2 Å². The van der Waals surface area contributed by atoms with E-state index in [1.54, 1.807) is 18.2 Å². The molecule has 1 heterocycles. The summed E-state index contributed by atoms with van der Waals surface area (Å²) in [4.78, 5) is 0.0180. The predicted octanol–water partition coefficient (Wildman–Crippen LogP) is 2.90. The summed E-state index contributed by atoms with van der Waals surface area (Å²) in [5, 5.41) is 11.4. The van der Waals surface area contributed by atoms with Crippen LogP contribution in [0.3, 0.4) is 0 Å². The van der Waals surface area contributed by atoms with Crippen LogP contribution in [0.4, 0.5) is 0 Å². The average molecular weight is 407 g/mol. The first-order valence-corrected chi connectivity index (χ1v) is 9.45. The van der Waals surface area contributed by atoms with Crippen molar-refractivity contribution < 1.29 is 17.3 Å². The van der Waals surface area contributed by atoms with Crippen LogP contribution in [0.1, 0.15) is 11.1 Å². The fraction of sp³-hybridized carbons (Fsp3) is 0.118. The van der Waals surface area contributed by atoms with E-state index in [9.17, 15) is 8.42 Å². The first-order valence-electron chi connectivity index (χ1n) is 7.67. The van der Waals surface area contributed by atoms with Crippen molar-refractivity contribution in [2.24, 2.45) is 5.10 Å². The van der Waals surface area contributed by atoms with Crippen LogP contribution < -0.4 is 8.92 Å². The number of aromatic nitrogens is 3. The molecule has 27 heavy (non-hydrogen) atoms. The van der Waals surface area contributed by atoms with Gasteiger partial charge in [0.05, 0.1) is 18.3 Å². The van der Waals surface area contributed by atoms with Gasteiger partial charge in [0.2, 0.25) is 5.75 Å². The maximum Gasteiger partial charge on any atom is 0.339 e. The molecule has 10 heteroatoms. The third-order valence-corrected chi connectivity index (χ3v) is 5.02. The van der Waals surface area contributed by atoms with E-state index in [1.165, 1.54) is 48.9 Å². The topological polar surface area (TPSA) is 95.7 Å². The number of rotatable bonds is 6. The van der Waals surface area contributed by atoms with Crippen molar-refractivity contribution in [3.8, 4) is 11.5 Å². The van der Waals surface area contributed by atoms with Gasteiger partial charge in [0, 0.05) is 0 Å². The highest BCUT2D eigenvalue weighted by Crippen LogP contribution is 2.38. The zero-order chi connectivity index (χ0) is 19.4. The summed E-state index contributed by atoms with van der Waals surface area (Å²) in [7, 11) is -2.68. The molecule has 3 rings (SSSR count). The minimum absolute atomic E-state index is 0.0180. The van der Waals surface area contributed by atoms with Gasteiger partial charge < -0.3 is 8.92 Å². The minimum atomic E-state index is -4.06. The Kier molecular flexibility index (Phi) is 5.43. The van der Waals surface area contributed by atoms with E-state index in [2.05, 4.69) is 15.3 Å². The molecule has 0 atom stereocenters. The number of halogens is 1. The molecule has 0 aliphatic heterocycles. The number of hydrogen-bond donors (Lipinski definition) is 0. The molecule has 2 aromatic carbocycles. The second kappa shape index (κ2) is 7.77. The van der Waals surface area contributed by atoms with Crippen LogP contribution in [0.2, 0.25) is 5.02 Å². The van der Waals surface area contributed by atoms with Crippen molar-refractivity contribution in [3.63, 3.8) is 0 Å². The van der Waals surface area contributed by atoms with Gasteiger partial charge >= 0.3 is 10.1 Å². The van der Waals surface area contributed by atoms with Crippen molar-refractivity contribution in [1.29, 1.82) is 0 Å². The molecule has 1 aromatic heterocycles. The Balaban J connectivity index is 1.92. The van der Waals surface area contributed by atoms with Gasteiger partial charge in [0.25, 0.3) is 0 Å². The number of benzene rings is 2. The van der Waals surface area contributed by atoms with Crippen LogP contribution in [0, 0.1) is 6.92 Å². The summed E-state index contributed by atoms with van der Waals surface area (Å²) >= 11 is 6.23. The van der Waals surface area contributed by atoms with Crippen LogP contribution in [-0.4, -0.2) is 36.6 Å². The van der Waals surface area contributed by atoms with Gasteiger partial charge in [-0.3, -0.25) is 0 Å². The Labute approximate surface area is 161 Å². The largest absolute Gasteiger partial charge is 0.493 e. The summed E-state index contributed by atoms with van der Waals surface area (Å²) < 4.78 is 36.9. The van der Waals surface area contributed by atoms with Crippen LogP contribution in [0.5, 0.6) is 11.5 Å². The Morgan fingerprint density at radius 2 is 1.81 bits per heavy atom. The molecule has 0 aliphatic carbocycles. The van der Waals surface area contributed by atoms with Crippen LogP contribution in [0.15, 0.2) is 59.0 Å². The minimum Gasteiger partial charge on any atom is -0.493 e. The fourth-order valence-corrected chi connectivity index (χ4v) is 3.41. The summed E-state index contributed by atoms with van der Waals surface area (Å²) in [5.41, 5.74) is 1.51. The molecule has 0 unspecified atom stereocenters. The first-order chi connectivity index (χ1) is 12.9. The summed E-state index contributed by atoms with van der Waals surface area (Å²) in [5.74, 6) is 0.0598. The monoisotopic (exact) mass is 406 g/mol. The zero-order valence-corrected chi connectivity index (χ0v) is 16.0. The highest BCUT2D eigenvalue weighted by molar-refractivity contribution is 7.87. The van der Waals surface area contributed by atoms with Crippen LogP contribution in [-0.2, 0) is 10.1 Å². The number of aryl methyl sites for hydroxylation is 1. The molecule has 0 radical (unpaired) electrons. The maximum absolute atomic E-state index is 12.5. The number of hydrogen-bond acceptors (Lipinski definition) is 7. The van der Waals surface area contributed by atoms with Gasteiger partial charge in [-0.1, -0.05) is 29.3 Å². The van der Waals surface area contributed by atoms with Crippen molar-refractivity contribution in [2.45, 2.75) is 11.8 Å². The van der Waals surface area contributed by atoms with E-state index in [-0.39, 0.29) is 21.4 Å². The van der Waals surface area contributed by atoms with E-state index in [1.807, 2.05) is 6.92 Å². The lowest BCUT2D eigenvalue weighted by molar-refractivity contribution is 0.390. The molecule has 0 aliphatic rings. The lowest BCUT2D eigenvalue weighted by Gasteiger charge is -2.13. The normalized spacial score (nSPS) is 11.7. The Morgan fingerprint density at radius 3 is 2.44 bits per heavy atom. The van der Waals surface area contributed by atoms with Gasteiger partial charge in [-0.2, -0.15) is 13.5 Å². The smallest absolute Gasteiger partial charge is 0.339 e. The summed E-state index contributed by atoms with van der Waals surface area (Å²) in [6.45, 7) is 1.86. The Hall–Kier alpha value is -2.91. The van der Waals surface area contributed by atoms with E-state index in [0.717, 1.165) is 5.56 Å². The van der Waals surface area contributed by atoms with Crippen LogP contribution in [0.25, 0.3) is 0 Å². The number of methoxy groups -OCH3 is 1. The summed E-state index contributed by atoms with van der Waals surface area (Å²) in [6, 6.07) is 9.35. The van der Waals surface area contributed by atoms with Crippen molar-refractivity contribution in [2.75, 3.05) is 7.11 Å². The average Bonchev–Trinajstić information content (AvgIpc) is 3.15. The summed E-state index contributed by atoms with van der Waals surface area (Å²) in [6.07, 6.45) is 4.33. The quantitative estimate of drug-likeness (QED) is 0.461. The molecule has 0 amide bonds. The van der Waals surface area contributed by atoms with Gasteiger partial charge in [-0.15, -0.1) is 10.2 Å². The molecule has 0 spiro atoms. The number of ether oxygens (including phenoxy) is 1. The first kappa shape index (κ1) is 18.9. The van der Waals surface area contributed by atoms with Gasteiger partial charge in [0.15, 0.2) is 5.75 Å². The highest BCUT2D eigenvalue weighted by atomic mass is 35.5. The third kappa shape index (κ3) is 4.44. The molecule has 140 valence electrons. The second-order valence-corrected chi connectivity index (χ2v) is 7.42. The lowest BCUT2D eigenvalue weighted by atomic mass is 10.2. The lowest BCUT2D eigenvalue weighted by Crippen LogP contribution is -2.11. The van der Waals surface area contributed by atoms with E-state index >= 15 is 0 Å². The van der Waals surface area contributed by atoms with Gasteiger partial charge in [-0.25, -0.2) is 4.68 Å². The Bertz CT molecular complexity index is 1070. The third-order valence-electron chi connectivity index (χ3n) is 3.50. The van der Waals surface area contributed by atoms with Crippen molar-refractivity contribution in [1.82, 2.24) is 14.9 Å². The van der Waals surface area contributed by atoms with Crippen molar-refractivity contribution >= 4 is 27.9 Å². The molecule has 8 nitrogen and oxygen atoms in total. The highest BCUT2D eigenvalue weighted by Gasteiger charge is 2.22. The fourth-order valence-electron chi connectivity index (χ4n) is 2.15. The zero-order valence-electron chi connectivity index (χ0n) is 14.4. The molecule has 0 N–H and O–H groups in total. The van der Waals surface area contributed by atoms with E-state index in [4.69, 9.17) is 20.5 Å². The maximum atomic E-state index is 12.5. The van der Waals surface area contributed by atoms with Gasteiger partial charge in [0.1, 0.15) is 17.6 Å². The molecule has 0 saturated heterocycles. The SMILES string of the molecule is COc1cc(C=Nn2cnnc2)cc(Cl)c1OS(=O)(=O)c1ccc(C)cc1. The molecule has 0 fully saturated rings. The second-order valence-electron chi connectivity index (χ2n) is 5.47. The number of nitrogens with zero attached hydrogens (tertiary/aromatic N) is 4. The Morgan fingerprint density at radius 1 is 1.15 bits per heavy atom. The van der Waals surface area contributed by atoms with Gasteiger partial charge in [-0.05, 0) is 36.8 Å². The molecular formula is C17H15ClN4O4S.